The Labute approximate surface area is 124 Å². The number of halogens is 2. The van der Waals surface area contributed by atoms with Crippen molar-refractivity contribution in [3.8, 4) is 0 Å². The lowest BCUT2D eigenvalue weighted by molar-refractivity contribution is -0.139. The second-order valence-electron chi connectivity index (χ2n) is 4.24. The SMILES string of the molecule is CCCC(NC(=O)NCc1cc(Br)ccc1F)C(=O)O. The number of carbonyl (C=O) groups is 2. The molecule has 1 unspecified atom stereocenters. The number of nitrogens with one attached hydrogen (secondary N) is 2. The second-order valence-corrected chi connectivity index (χ2v) is 5.16. The lowest BCUT2D eigenvalue weighted by Crippen LogP contribution is -2.45. The lowest BCUT2D eigenvalue weighted by Gasteiger charge is -2.14. The van der Waals surface area contributed by atoms with Crippen molar-refractivity contribution >= 4 is 27.9 Å². The van der Waals surface area contributed by atoms with Crippen molar-refractivity contribution in [2.45, 2.75) is 32.4 Å². The van der Waals surface area contributed by atoms with Crippen molar-refractivity contribution in [1.82, 2.24) is 10.6 Å². The molecular weight excluding hydrogens is 331 g/mol. The van der Waals surface area contributed by atoms with Gasteiger partial charge in [-0.15, -0.1) is 0 Å². The molecule has 1 aromatic rings. The summed E-state index contributed by atoms with van der Waals surface area (Å²) in [5, 5.41) is 13.7. The van der Waals surface area contributed by atoms with E-state index in [1.807, 2.05) is 6.92 Å². The highest BCUT2D eigenvalue weighted by molar-refractivity contribution is 9.10. The van der Waals surface area contributed by atoms with E-state index in [2.05, 4.69) is 26.6 Å². The molecule has 0 radical (unpaired) electrons. The summed E-state index contributed by atoms with van der Waals surface area (Å²) < 4.78 is 14.1. The molecule has 0 heterocycles. The zero-order valence-electron chi connectivity index (χ0n) is 11.0. The van der Waals surface area contributed by atoms with Crippen LogP contribution in [0.3, 0.4) is 0 Å². The Hall–Kier alpha value is -1.63. The van der Waals surface area contributed by atoms with Crippen LogP contribution in [-0.2, 0) is 11.3 Å². The Bertz CT molecular complexity index is 497. The summed E-state index contributed by atoms with van der Waals surface area (Å²) in [6.45, 7) is 1.81. The average Bonchev–Trinajstić information content (AvgIpc) is 2.39. The Morgan fingerprint density at radius 3 is 2.75 bits per heavy atom. The predicted molar refractivity (Wildman–Crippen MR) is 75.8 cm³/mol. The highest BCUT2D eigenvalue weighted by Crippen LogP contribution is 2.15. The number of carboxylic acids is 1. The Balaban J connectivity index is 2.54. The molecule has 20 heavy (non-hydrogen) atoms. The van der Waals surface area contributed by atoms with Gasteiger partial charge in [0.25, 0.3) is 0 Å². The van der Waals surface area contributed by atoms with Crippen molar-refractivity contribution in [3.63, 3.8) is 0 Å². The minimum atomic E-state index is -1.09. The van der Waals surface area contributed by atoms with Crippen LogP contribution in [0.15, 0.2) is 22.7 Å². The number of carboxylic acid groups (broad SMARTS) is 1. The summed E-state index contributed by atoms with van der Waals surface area (Å²) in [4.78, 5) is 22.5. The number of urea groups is 1. The molecule has 0 aliphatic rings. The minimum Gasteiger partial charge on any atom is -0.480 e. The topological polar surface area (TPSA) is 78.4 Å². The molecule has 0 fully saturated rings. The molecule has 0 saturated carbocycles. The smallest absolute Gasteiger partial charge is 0.326 e. The van der Waals surface area contributed by atoms with Crippen LogP contribution in [0.25, 0.3) is 0 Å². The number of amides is 2. The normalized spacial score (nSPS) is 11.8. The van der Waals surface area contributed by atoms with Crippen LogP contribution in [0.2, 0.25) is 0 Å². The van der Waals surface area contributed by atoms with E-state index in [9.17, 15) is 14.0 Å². The quantitative estimate of drug-likeness (QED) is 0.740. The van der Waals surface area contributed by atoms with Gasteiger partial charge in [-0.05, 0) is 24.6 Å². The van der Waals surface area contributed by atoms with Gasteiger partial charge in [0, 0.05) is 16.6 Å². The van der Waals surface area contributed by atoms with E-state index in [0.29, 0.717) is 22.9 Å². The zero-order chi connectivity index (χ0) is 15.1. The maximum absolute atomic E-state index is 13.4. The summed E-state index contributed by atoms with van der Waals surface area (Å²) in [6.07, 6.45) is 0.978. The number of aliphatic carboxylic acids is 1. The summed E-state index contributed by atoms with van der Waals surface area (Å²) in [6, 6.07) is 2.82. The summed E-state index contributed by atoms with van der Waals surface area (Å²) in [5.74, 6) is -1.52. The van der Waals surface area contributed by atoms with Gasteiger partial charge in [0.05, 0.1) is 0 Å². The van der Waals surface area contributed by atoms with Crippen LogP contribution < -0.4 is 10.6 Å². The highest BCUT2D eigenvalue weighted by atomic mass is 79.9. The van der Waals surface area contributed by atoms with Crippen molar-refractivity contribution < 1.29 is 19.1 Å². The molecule has 0 aromatic heterocycles. The number of rotatable bonds is 6. The van der Waals surface area contributed by atoms with Gasteiger partial charge < -0.3 is 15.7 Å². The van der Waals surface area contributed by atoms with Crippen molar-refractivity contribution in [1.29, 1.82) is 0 Å². The molecule has 3 N–H and O–H groups in total. The maximum atomic E-state index is 13.4. The summed E-state index contributed by atoms with van der Waals surface area (Å²) >= 11 is 3.21. The summed E-state index contributed by atoms with van der Waals surface area (Å²) in [5.41, 5.74) is 0.317. The van der Waals surface area contributed by atoms with Crippen LogP contribution in [0, 0.1) is 5.82 Å². The van der Waals surface area contributed by atoms with Crippen LogP contribution >= 0.6 is 15.9 Å². The number of carbonyl (C=O) groups excluding carboxylic acids is 1. The third-order valence-corrected chi connectivity index (χ3v) is 3.12. The fourth-order valence-corrected chi connectivity index (χ4v) is 2.02. The van der Waals surface area contributed by atoms with Gasteiger partial charge in [0.1, 0.15) is 11.9 Å². The molecule has 1 rings (SSSR count). The van der Waals surface area contributed by atoms with E-state index >= 15 is 0 Å². The van der Waals surface area contributed by atoms with E-state index in [1.165, 1.54) is 6.07 Å². The predicted octanol–water partition coefficient (Wildman–Crippen LogP) is 2.64. The van der Waals surface area contributed by atoms with Gasteiger partial charge in [-0.1, -0.05) is 29.3 Å². The maximum Gasteiger partial charge on any atom is 0.326 e. The van der Waals surface area contributed by atoms with Crippen LogP contribution in [0.1, 0.15) is 25.3 Å². The molecule has 2 amide bonds. The number of hydrogen-bond acceptors (Lipinski definition) is 2. The molecule has 0 aliphatic carbocycles. The van der Waals surface area contributed by atoms with Crippen molar-refractivity contribution in [2.75, 3.05) is 0 Å². The largest absolute Gasteiger partial charge is 0.480 e. The monoisotopic (exact) mass is 346 g/mol. The molecule has 1 atom stereocenters. The first kappa shape index (κ1) is 16.4. The number of hydrogen-bond donors (Lipinski definition) is 3. The van der Waals surface area contributed by atoms with Crippen LogP contribution in [-0.4, -0.2) is 23.1 Å². The first-order valence-corrected chi connectivity index (χ1v) is 6.94. The molecular formula is C13H16BrFN2O3. The fraction of sp³-hybridized carbons (Fsp3) is 0.385. The van der Waals surface area contributed by atoms with Gasteiger partial charge in [0.15, 0.2) is 0 Å². The molecule has 110 valence electrons. The van der Waals surface area contributed by atoms with E-state index in [4.69, 9.17) is 5.11 Å². The molecule has 0 aliphatic heterocycles. The zero-order valence-corrected chi connectivity index (χ0v) is 12.5. The van der Waals surface area contributed by atoms with Gasteiger partial charge in [-0.2, -0.15) is 0 Å². The molecule has 5 nitrogen and oxygen atoms in total. The molecule has 0 spiro atoms. The standard InChI is InChI=1S/C13H16BrFN2O3/c1-2-3-11(12(18)19)17-13(20)16-7-8-6-9(14)4-5-10(8)15/h4-6,11H,2-3,7H2,1H3,(H,18,19)(H2,16,17,20). The van der Waals surface area contributed by atoms with E-state index in [0.717, 1.165) is 0 Å². The van der Waals surface area contributed by atoms with E-state index < -0.39 is 23.9 Å². The van der Waals surface area contributed by atoms with Gasteiger partial charge >= 0.3 is 12.0 Å². The molecule has 7 heteroatoms. The van der Waals surface area contributed by atoms with Crippen LogP contribution in [0.4, 0.5) is 9.18 Å². The first-order valence-electron chi connectivity index (χ1n) is 6.15. The Kier molecular flexibility index (Phi) is 6.44. The van der Waals surface area contributed by atoms with Gasteiger partial charge in [-0.25, -0.2) is 14.0 Å². The van der Waals surface area contributed by atoms with E-state index in [1.54, 1.807) is 12.1 Å². The lowest BCUT2D eigenvalue weighted by atomic mass is 10.2. The van der Waals surface area contributed by atoms with Crippen molar-refractivity contribution in [3.05, 3.63) is 34.1 Å². The third-order valence-electron chi connectivity index (χ3n) is 2.63. The second kappa shape index (κ2) is 7.84. The highest BCUT2D eigenvalue weighted by Gasteiger charge is 2.18. The Morgan fingerprint density at radius 1 is 1.45 bits per heavy atom. The minimum absolute atomic E-state index is 0.0183. The molecule has 0 saturated heterocycles. The Morgan fingerprint density at radius 2 is 2.15 bits per heavy atom. The third kappa shape index (κ3) is 5.16. The average molecular weight is 347 g/mol. The summed E-state index contributed by atoms with van der Waals surface area (Å²) in [7, 11) is 0. The van der Waals surface area contributed by atoms with Crippen LogP contribution in [0.5, 0.6) is 0 Å². The number of benzene rings is 1. The van der Waals surface area contributed by atoms with E-state index in [-0.39, 0.29) is 6.54 Å². The van der Waals surface area contributed by atoms with Gasteiger partial charge in [-0.3, -0.25) is 0 Å². The molecule has 1 aromatic carbocycles. The fourth-order valence-electron chi connectivity index (χ4n) is 1.61. The van der Waals surface area contributed by atoms with Gasteiger partial charge in [0.2, 0.25) is 0 Å². The first-order chi connectivity index (χ1) is 9.43. The van der Waals surface area contributed by atoms with Crippen molar-refractivity contribution in [2.24, 2.45) is 0 Å². The molecule has 0 bridgehead atoms.